The van der Waals surface area contributed by atoms with E-state index in [-0.39, 0.29) is 18.9 Å². The molecule has 3 N–H and O–H groups in total. The lowest BCUT2D eigenvalue weighted by atomic mass is 10.2. The number of carbonyl (C=O) groups is 2. The van der Waals surface area contributed by atoms with E-state index < -0.39 is 5.91 Å². The minimum Gasteiger partial charge on any atom is -0.369 e. The normalized spacial score (nSPS) is 10.8. The number of hydrogen-bond donors (Lipinski definition) is 2. The van der Waals surface area contributed by atoms with E-state index in [9.17, 15) is 9.59 Å². The van der Waals surface area contributed by atoms with Gasteiger partial charge in [-0.05, 0) is 24.4 Å². The van der Waals surface area contributed by atoms with Crippen molar-refractivity contribution in [2.24, 2.45) is 5.73 Å². The van der Waals surface area contributed by atoms with Gasteiger partial charge in [0.1, 0.15) is 6.54 Å². The van der Waals surface area contributed by atoms with Gasteiger partial charge in [-0.15, -0.1) is 11.3 Å². The van der Waals surface area contributed by atoms with Crippen molar-refractivity contribution in [3.8, 4) is 0 Å². The molecule has 3 rings (SSSR count). The van der Waals surface area contributed by atoms with Crippen LogP contribution in [0.25, 0.3) is 10.9 Å². The molecule has 2 aromatic heterocycles. The minimum absolute atomic E-state index is 0.0771. The maximum Gasteiger partial charge on any atom is 0.246 e. The van der Waals surface area contributed by atoms with E-state index in [4.69, 9.17) is 5.73 Å². The standard InChI is InChI=1S/C16H16N4O2S/c1-10-6-11-4-2-3-5-13(11)20(10)8-15(22)19-16-18-12(9-23-16)7-14(17)21/h2-6,9H,7-8H2,1H3,(H2,17,21)(H,18,19,22). The van der Waals surface area contributed by atoms with Crippen LogP contribution in [-0.4, -0.2) is 21.4 Å². The van der Waals surface area contributed by atoms with Gasteiger partial charge in [-0.25, -0.2) is 4.98 Å². The summed E-state index contributed by atoms with van der Waals surface area (Å²) >= 11 is 1.28. The summed E-state index contributed by atoms with van der Waals surface area (Å²) in [7, 11) is 0. The van der Waals surface area contributed by atoms with E-state index in [1.807, 2.05) is 35.8 Å². The van der Waals surface area contributed by atoms with Crippen LogP contribution in [0.1, 0.15) is 11.4 Å². The highest BCUT2D eigenvalue weighted by Crippen LogP contribution is 2.20. The topological polar surface area (TPSA) is 90.0 Å². The molecular formula is C16H16N4O2S. The summed E-state index contributed by atoms with van der Waals surface area (Å²) in [6, 6.07) is 9.99. The Balaban J connectivity index is 1.72. The van der Waals surface area contributed by atoms with Crippen molar-refractivity contribution >= 4 is 39.2 Å². The van der Waals surface area contributed by atoms with Crippen LogP contribution in [0.2, 0.25) is 0 Å². The van der Waals surface area contributed by atoms with Gasteiger partial charge < -0.3 is 15.6 Å². The number of aromatic nitrogens is 2. The molecule has 0 fully saturated rings. The van der Waals surface area contributed by atoms with Gasteiger partial charge in [0.05, 0.1) is 12.1 Å². The lowest BCUT2D eigenvalue weighted by Gasteiger charge is -2.07. The Morgan fingerprint density at radius 1 is 1.35 bits per heavy atom. The van der Waals surface area contributed by atoms with Crippen molar-refractivity contribution in [2.75, 3.05) is 5.32 Å². The van der Waals surface area contributed by atoms with E-state index in [1.54, 1.807) is 5.38 Å². The number of carbonyl (C=O) groups excluding carboxylic acids is 2. The van der Waals surface area contributed by atoms with Crippen molar-refractivity contribution < 1.29 is 9.59 Å². The number of nitrogens with two attached hydrogens (primary N) is 1. The van der Waals surface area contributed by atoms with Crippen LogP contribution >= 0.6 is 11.3 Å². The van der Waals surface area contributed by atoms with Gasteiger partial charge in [0.25, 0.3) is 0 Å². The third-order valence-corrected chi connectivity index (χ3v) is 4.28. The molecule has 0 saturated heterocycles. The first kappa shape index (κ1) is 15.2. The number of anilines is 1. The predicted octanol–water partition coefficient (Wildman–Crippen LogP) is 2.07. The number of fused-ring (bicyclic) bond motifs is 1. The Bertz CT molecular complexity index is 881. The Morgan fingerprint density at radius 2 is 2.13 bits per heavy atom. The van der Waals surface area contributed by atoms with Gasteiger partial charge in [-0.1, -0.05) is 18.2 Å². The van der Waals surface area contributed by atoms with Crippen molar-refractivity contribution in [3.63, 3.8) is 0 Å². The Morgan fingerprint density at radius 3 is 2.91 bits per heavy atom. The molecule has 0 saturated carbocycles. The van der Waals surface area contributed by atoms with E-state index in [0.29, 0.717) is 10.8 Å². The summed E-state index contributed by atoms with van der Waals surface area (Å²) in [5.74, 6) is -0.600. The zero-order valence-electron chi connectivity index (χ0n) is 12.6. The number of hydrogen-bond acceptors (Lipinski definition) is 4. The summed E-state index contributed by atoms with van der Waals surface area (Å²) < 4.78 is 1.96. The van der Waals surface area contributed by atoms with Gasteiger partial charge in [-0.3, -0.25) is 9.59 Å². The van der Waals surface area contributed by atoms with Crippen LogP contribution in [0.5, 0.6) is 0 Å². The smallest absolute Gasteiger partial charge is 0.246 e. The zero-order chi connectivity index (χ0) is 16.4. The molecule has 0 aliphatic carbocycles. The second-order valence-electron chi connectivity index (χ2n) is 5.27. The monoisotopic (exact) mass is 328 g/mol. The Kier molecular flexibility index (Phi) is 4.12. The second kappa shape index (κ2) is 6.21. The van der Waals surface area contributed by atoms with Gasteiger partial charge >= 0.3 is 0 Å². The van der Waals surface area contributed by atoms with Crippen LogP contribution in [0.3, 0.4) is 0 Å². The molecule has 2 amide bonds. The summed E-state index contributed by atoms with van der Waals surface area (Å²) in [4.78, 5) is 27.3. The Labute approximate surface area is 136 Å². The highest BCUT2D eigenvalue weighted by Gasteiger charge is 2.12. The van der Waals surface area contributed by atoms with Gasteiger partial charge in [0.2, 0.25) is 11.8 Å². The molecular weight excluding hydrogens is 312 g/mol. The average Bonchev–Trinajstić information content (AvgIpc) is 3.03. The molecule has 0 unspecified atom stereocenters. The van der Waals surface area contributed by atoms with Crippen molar-refractivity contribution in [1.82, 2.24) is 9.55 Å². The molecule has 0 spiro atoms. The van der Waals surface area contributed by atoms with Crippen LogP contribution in [0.15, 0.2) is 35.7 Å². The average molecular weight is 328 g/mol. The summed E-state index contributed by atoms with van der Waals surface area (Å²) in [6.45, 7) is 2.19. The second-order valence-corrected chi connectivity index (χ2v) is 6.12. The first-order valence-electron chi connectivity index (χ1n) is 7.10. The van der Waals surface area contributed by atoms with Gasteiger partial charge in [0.15, 0.2) is 5.13 Å². The number of thiazole rings is 1. The number of benzene rings is 1. The fraction of sp³-hybridized carbons (Fsp3) is 0.188. The van der Waals surface area contributed by atoms with Crippen molar-refractivity contribution in [2.45, 2.75) is 19.9 Å². The van der Waals surface area contributed by atoms with E-state index in [1.165, 1.54) is 11.3 Å². The van der Waals surface area contributed by atoms with Crippen molar-refractivity contribution in [1.29, 1.82) is 0 Å². The maximum atomic E-state index is 12.3. The molecule has 2 heterocycles. The molecule has 0 radical (unpaired) electrons. The summed E-state index contributed by atoms with van der Waals surface area (Å²) in [6.07, 6.45) is 0.0771. The molecule has 0 aliphatic heterocycles. The van der Waals surface area contributed by atoms with Crippen LogP contribution < -0.4 is 11.1 Å². The molecule has 0 atom stereocenters. The Hall–Kier alpha value is -2.67. The van der Waals surface area contributed by atoms with E-state index >= 15 is 0 Å². The highest BCUT2D eigenvalue weighted by molar-refractivity contribution is 7.13. The maximum absolute atomic E-state index is 12.3. The van der Waals surface area contributed by atoms with E-state index in [2.05, 4.69) is 16.4 Å². The fourth-order valence-electron chi connectivity index (χ4n) is 2.48. The number of aryl methyl sites for hydroxylation is 1. The number of nitrogens with zero attached hydrogens (tertiary/aromatic N) is 2. The first-order chi connectivity index (χ1) is 11.0. The van der Waals surface area contributed by atoms with Crippen LogP contribution in [0.4, 0.5) is 5.13 Å². The fourth-order valence-corrected chi connectivity index (χ4v) is 3.21. The first-order valence-corrected chi connectivity index (χ1v) is 7.98. The van der Waals surface area contributed by atoms with Crippen LogP contribution in [0, 0.1) is 6.92 Å². The molecule has 0 bridgehead atoms. The third-order valence-electron chi connectivity index (χ3n) is 3.47. The predicted molar refractivity (Wildman–Crippen MR) is 90.3 cm³/mol. The number of nitrogens with one attached hydrogen (secondary N) is 1. The lowest BCUT2D eigenvalue weighted by Crippen LogP contribution is -2.19. The summed E-state index contributed by atoms with van der Waals surface area (Å²) in [5.41, 5.74) is 7.74. The van der Waals surface area contributed by atoms with Gasteiger partial charge in [0, 0.05) is 16.6 Å². The van der Waals surface area contributed by atoms with Crippen molar-refractivity contribution in [3.05, 3.63) is 47.1 Å². The lowest BCUT2D eigenvalue weighted by molar-refractivity contribution is -0.117. The minimum atomic E-state index is -0.442. The van der Waals surface area contributed by atoms with Gasteiger partial charge in [-0.2, -0.15) is 0 Å². The van der Waals surface area contributed by atoms with E-state index in [0.717, 1.165) is 16.6 Å². The quantitative estimate of drug-likeness (QED) is 0.751. The molecule has 6 nitrogen and oxygen atoms in total. The summed E-state index contributed by atoms with van der Waals surface area (Å²) in [5, 5.41) is 6.06. The largest absolute Gasteiger partial charge is 0.369 e. The number of rotatable bonds is 5. The zero-order valence-corrected chi connectivity index (χ0v) is 13.4. The molecule has 1 aromatic carbocycles. The molecule has 23 heavy (non-hydrogen) atoms. The SMILES string of the molecule is Cc1cc2ccccc2n1CC(=O)Nc1nc(CC(N)=O)cs1. The highest BCUT2D eigenvalue weighted by atomic mass is 32.1. The number of amides is 2. The molecule has 0 aliphatic rings. The number of primary amides is 1. The third kappa shape index (κ3) is 3.40. The molecule has 3 aromatic rings. The number of para-hydroxylation sites is 1. The van der Waals surface area contributed by atoms with Crippen LogP contribution in [-0.2, 0) is 22.6 Å². The molecule has 118 valence electrons. The molecule has 7 heteroatoms.